The molecule has 64 valence electrons. The van der Waals surface area contributed by atoms with Gasteiger partial charge in [0.1, 0.15) is 6.29 Å². The standard InChI is InChI=1S/C9H10BrNO/c1-7(6-12)5-9-8(10)3-2-4-11-9/h2-4,6-7H,5H2,1H3. The summed E-state index contributed by atoms with van der Waals surface area (Å²) in [6.45, 7) is 1.88. The van der Waals surface area contributed by atoms with Gasteiger partial charge in [0.15, 0.2) is 0 Å². The molecule has 12 heavy (non-hydrogen) atoms. The second-order valence-corrected chi connectivity index (χ2v) is 3.60. The molecule has 1 unspecified atom stereocenters. The summed E-state index contributed by atoms with van der Waals surface area (Å²) in [5.74, 6) is 0.0381. The smallest absolute Gasteiger partial charge is 0.123 e. The minimum Gasteiger partial charge on any atom is -0.303 e. The SMILES string of the molecule is CC(C=O)Cc1ncccc1Br. The van der Waals surface area contributed by atoms with Crippen molar-refractivity contribution in [1.29, 1.82) is 0 Å². The predicted octanol–water partition coefficient (Wildman–Crippen LogP) is 2.22. The highest BCUT2D eigenvalue weighted by Crippen LogP contribution is 2.15. The summed E-state index contributed by atoms with van der Waals surface area (Å²) in [5, 5.41) is 0. The zero-order chi connectivity index (χ0) is 8.97. The molecule has 0 saturated carbocycles. The highest BCUT2D eigenvalue weighted by Gasteiger charge is 2.05. The predicted molar refractivity (Wildman–Crippen MR) is 50.9 cm³/mol. The minimum atomic E-state index is 0.0381. The van der Waals surface area contributed by atoms with Crippen LogP contribution < -0.4 is 0 Å². The third-order valence-electron chi connectivity index (χ3n) is 1.58. The lowest BCUT2D eigenvalue weighted by atomic mass is 10.1. The summed E-state index contributed by atoms with van der Waals surface area (Å²) in [6, 6.07) is 3.79. The first-order chi connectivity index (χ1) is 5.74. The van der Waals surface area contributed by atoms with Crippen molar-refractivity contribution in [1.82, 2.24) is 4.98 Å². The first-order valence-electron chi connectivity index (χ1n) is 3.78. The number of aromatic nitrogens is 1. The normalized spacial score (nSPS) is 12.5. The number of aldehydes is 1. The number of halogens is 1. The average Bonchev–Trinajstić information content (AvgIpc) is 2.09. The molecule has 0 radical (unpaired) electrons. The number of hydrogen-bond acceptors (Lipinski definition) is 2. The molecule has 1 aromatic heterocycles. The Balaban J connectivity index is 2.75. The second-order valence-electron chi connectivity index (χ2n) is 2.75. The van der Waals surface area contributed by atoms with Crippen molar-refractivity contribution in [3.05, 3.63) is 28.5 Å². The lowest BCUT2D eigenvalue weighted by molar-refractivity contribution is -0.110. The summed E-state index contributed by atoms with van der Waals surface area (Å²) >= 11 is 3.38. The molecule has 0 spiro atoms. The van der Waals surface area contributed by atoms with Crippen LogP contribution in [0.4, 0.5) is 0 Å². The fourth-order valence-electron chi connectivity index (χ4n) is 0.922. The van der Waals surface area contributed by atoms with E-state index in [4.69, 9.17) is 0 Å². The Bertz CT molecular complexity index is 275. The molecular weight excluding hydrogens is 218 g/mol. The number of rotatable bonds is 3. The molecule has 1 atom stereocenters. The van der Waals surface area contributed by atoms with Gasteiger partial charge in [-0.3, -0.25) is 4.98 Å². The molecule has 3 heteroatoms. The molecule has 1 aromatic rings. The van der Waals surface area contributed by atoms with Gasteiger partial charge in [0.05, 0.1) is 5.69 Å². The molecule has 0 aromatic carbocycles. The molecule has 1 rings (SSSR count). The van der Waals surface area contributed by atoms with Gasteiger partial charge in [0.2, 0.25) is 0 Å². The van der Waals surface area contributed by atoms with Gasteiger partial charge < -0.3 is 4.79 Å². The van der Waals surface area contributed by atoms with Crippen LogP contribution in [0.2, 0.25) is 0 Å². The molecule has 0 bridgehead atoms. The number of nitrogens with zero attached hydrogens (tertiary/aromatic N) is 1. The van der Waals surface area contributed by atoms with E-state index in [0.29, 0.717) is 6.42 Å². The second kappa shape index (κ2) is 4.36. The van der Waals surface area contributed by atoms with Crippen LogP contribution in [0.15, 0.2) is 22.8 Å². The topological polar surface area (TPSA) is 30.0 Å². The van der Waals surface area contributed by atoms with Gasteiger partial charge in [0.25, 0.3) is 0 Å². The zero-order valence-corrected chi connectivity index (χ0v) is 8.41. The Morgan fingerprint density at radius 1 is 1.75 bits per heavy atom. The van der Waals surface area contributed by atoms with Gasteiger partial charge in [-0.2, -0.15) is 0 Å². The molecular formula is C9H10BrNO. The Labute approximate surface area is 80.1 Å². The van der Waals surface area contributed by atoms with E-state index in [1.165, 1.54) is 0 Å². The maximum Gasteiger partial charge on any atom is 0.123 e. The van der Waals surface area contributed by atoms with Crippen LogP contribution in [0.5, 0.6) is 0 Å². The van der Waals surface area contributed by atoms with E-state index in [2.05, 4.69) is 20.9 Å². The van der Waals surface area contributed by atoms with Crippen LogP contribution in [0.25, 0.3) is 0 Å². The van der Waals surface area contributed by atoms with E-state index in [1.807, 2.05) is 19.1 Å². The third kappa shape index (κ3) is 2.41. The van der Waals surface area contributed by atoms with Crippen molar-refractivity contribution in [3.8, 4) is 0 Å². The van der Waals surface area contributed by atoms with E-state index in [0.717, 1.165) is 16.5 Å². The Morgan fingerprint density at radius 2 is 2.50 bits per heavy atom. The van der Waals surface area contributed by atoms with Gasteiger partial charge in [-0.05, 0) is 34.5 Å². The summed E-state index contributed by atoms with van der Waals surface area (Å²) in [5.41, 5.74) is 0.942. The minimum absolute atomic E-state index is 0.0381. The fourth-order valence-corrected chi connectivity index (χ4v) is 1.34. The van der Waals surface area contributed by atoms with Crippen molar-refractivity contribution in [2.75, 3.05) is 0 Å². The summed E-state index contributed by atoms with van der Waals surface area (Å²) < 4.78 is 0.971. The van der Waals surface area contributed by atoms with E-state index < -0.39 is 0 Å². The highest BCUT2D eigenvalue weighted by atomic mass is 79.9. The van der Waals surface area contributed by atoms with Crippen LogP contribution in [0.3, 0.4) is 0 Å². The maximum absolute atomic E-state index is 10.4. The third-order valence-corrected chi connectivity index (χ3v) is 2.30. The highest BCUT2D eigenvalue weighted by molar-refractivity contribution is 9.10. The van der Waals surface area contributed by atoms with Crippen molar-refractivity contribution >= 4 is 22.2 Å². The molecule has 0 saturated heterocycles. The Morgan fingerprint density at radius 3 is 3.08 bits per heavy atom. The molecule has 0 N–H and O–H groups in total. The van der Waals surface area contributed by atoms with E-state index in [-0.39, 0.29) is 5.92 Å². The van der Waals surface area contributed by atoms with Crippen LogP contribution >= 0.6 is 15.9 Å². The average molecular weight is 228 g/mol. The summed E-state index contributed by atoms with van der Waals surface area (Å²) in [6.07, 6.45) is 3.38. The first-order valence-corrected chi connectivity index (χ1v) is 4.58. The monoisotopic (exact) mass is 227 g/mol. The number of hydrogen-bond donors (Lipinski definition) is 0. The van der Waals surface area contributed by atoms with Crippen LogP contribution in [-0.2, 0) is 11.2 Å². The van der Waals surface area contributed by atoms with Crippen molar-refractivity contribution in [2.45, 2.75) is 13.3 Å². The lowest BCUT2D eigenvalue weighted by Gasteiger charge is -2.03. The van der Waals surface area contributed by atoms with E-state index >= 15 is 0 Å². The van der Waals surface area contributed by atoms with Crippen LogP contribution in [0, 0.1) is 5.92 Å². The van der Waals surface area contributed by atoms with Gasteiger partial charge in [0, 0.05) is 16.6 Å². The summed E-state index contributed by atoms with van der Waals surface area (Å²) in [4.78, 5) is 14.5. The van der Waals surface area contributed by atoms with Gasteiger partial charge in [-0.15, -0.1) is 0 Å². The zero-order valence-electron chi connectivity index (χ0n) is 6.83. The number of carbonyl (C=O) groups excluding carboxylic acids is 1. The Hall–Kier alpha value is -0.700. The lowest BCUT2D eigenvalue weighted by Crippen LogP contribution is -2.02. The largest absolute Gasteiger partial charge is 0.303 e. The van der Waals surface area contributed by atoms with Crippen LogP contribution in [-0.4, -0.2) is 11.3 Å². The quantitative estimate of drug-likeness (QED) is 0.742. The van der Waals surface area contributed by atoms with E-state index in [9.17, 15) is 4.79 Å². The summed E-state index contributed by atoms with van der Waals surface area (Å²) in [7, 11) is 0. The van der Waals surface area contributed by atoms with Crippen molar-refractivity contribution < 1.29 is 4.79 Å². The van der Waals surface area contributed by atoms with Crippen LogP contribution in [0.1, 0.15) is 12.6 Å². The Kier molecular flexibility index (Phi) is 3.41. The molecule has 0 aliphatic rings. The maximum atomic E-state index is 10.4. The van der Waals surface area contributed by atoms with Gasteiger partial charge >= 0.3 is 0 Å². The van der Waals surface area contributed by atoms with Crippen molar-refractivity contribution in [3.63, 3.8) is 0 Å². The molecule has 0 fully saturated rings. The van der Waals surface area contributed by atoms with Crippen molar-refractivity contribution in [2.24, 2.45) is 5.92 Å². The van der Waals surface area contributed by atoms with Gasteiger partial charge in [-0.25, -0.2) is 0 Å². The first kappa shape index (κ1) is 9.39. The molecule has 1 heterocycles. The molecule has 0 aliphatic carbocycles. The fraction of sp³-hybridized carbons (Fsp3) is 0.333. The number of pyridine rings is 1. The van der Waals surface area contributed by atoms with Gasteiger partial charge in [-0.1, -0.05) is 6.92 Å². The number of carbonyl (C=O) groups is 1. The molecule has 0 aliphatic heterocycles. The molecule has 0 amide bonds. The van der Waals surface area contributed by atoms with E-state index in [1.54, 1.807) is 6.20 Å². The molecule has 2 nitrogen and oxygen atoms in total.